The van der Waals surface area contributed by atoms with Crippen LogP contribution in [0.4, 0.5) is 4.79 Å². The highest BCUT2D eigenvalue weighted by molar-refractivity contribution is 8.18. The van der Waals surface area contributed by atoms with Crippen molar-refractivity contribution in [1.82, 2.24) is 10.2 Å². The lowest BCUT2D eigenvalue weighted by Gasteiger charge is -2.13. The number of thioether (sulfide) groups is 1. The minimum atomic E-state index is -0.472. The van der Waals surface area contributed by atoms with Gasteiger partial charge in [-0.1, -0.05) is 66.2 Å². The molecular weight excluding hydrogens is 420 g/mol. The van der Waals surface area contributed by atoms with E-state index in [-0.39, 0.29) is 11.4 Å². The van der Waals surface area contributed by atoms with Crippen LogP contribution in [-0.4, -0.2) is 28.5 Å². The molecule has 0 bridgehead atoms. The molecule has 1 fully saturated rings. The van der Waals surface area contributed by atoms with Crippen LogP contribution >= 0.6 is 23.4 Å². The fraction of sp³-hybridized carbons (Fsp3) is 0.0870. The second-order valence-corrected chi connectivity index (χ2v) is 8.16. The number of carbonyl (C=O) groups excluding carboxylic acids is 3. The average molecular weight is 437 g/mol. The van der Waals surface area contributed by atoms with Gasteiger partial charge in [0.25, 0.3) is 11.1 Å². The summed E-state index contributed by atoms with van der Waals surface area (Å²) >= 11 is 6.69. The Balaban J connectivity index is 1.41. The van der Waals surface area contributed by atoms with E-state index in [1.54, 1.807) is 30.3 Å². The van der Waals surface area contributed by atoms with Gasteiger partial charge in [-0.2, -0.15) is 0 Å². The Kier molecular flexibility index (Phi) is 5.88. The molecule has 3 amide bonds. The van der Waals surface area contributed by atoms with E-state index in [0.717, 1.165) is 38.6 Å². The number of hydrogen-bond donors (Lipinski definition) is 1. The normalized spacial score (nSPS) is 15.2. The highest BCUT2D eigenvalue weighted by Crippen LogP contribution is 2.32. The summed E-state index contributed by atoms with van der Waals surface area (Å²) in [4.78, 5) is 38.5. The third-order valence-corrected chi connectivity index (χ3v) is 5.86. The lowest BCUT2D eigenvalue weighted by Crippen LogP contribution is -2.39. The van der Waals surface area contributed by atoms with E-state index in [1.165, 1.54) is 0 Å². The number of imide groups is 1. The molecule has 30 heavy (non-hydrogen) atoms. The molecular formula is C23H17ClN2O3S. The molecule has 0 radical (unpaired) electrons. The summed E-state index contributed by atoms with van der Waals surface area (Å²) in [5.41, 5.74) is 1.73. The van der Waals surface area contributed by atoms with Gasteiger partial charge in [0.1, 0.15) is 6.54 Å². The zero-order valence-corrected chi connectivity index (χ0v) is 17.4. The van der Waals surface area contributed by atoms with E-state index in [4.69, 9.17) is 11.6 Å². The van der Waals surface area contributed by atoms with Gasteiger partial charge in [0, 0.05) is 11.6 Å². The molecule has 0 spiro atoms. The number of carbonyl (C=O) groups is 3. The molecule has 1 aliphatic heterocycles. The molecule has 4 rings (SSSR count). The van der Waals surface area contributed by atoms with Crippen molar-refractivity contribution >= 4 is 57.3 Å². The van der Waals surface area contributed by atoms with E-state index in [2.05, 4.69) is 5.32 Å². The predicted molar refractivity (Wildman–Crippen MR) is 120 cm³/mol. The molecule has 1 N–H and O–H groups in total. The first-order valence-corrected chi connectivity index (χ1v) is 10.4. The molecule has 1 heterocycles. The lowest BCUT2D eigenvalue weighted by molar-refractivity contribution is -0.129. The molecule has 0 aliphatic carbocycles. The van der Waals surface area contributed by atoms with Crippen molar-refractivity contribution in [2.24, 2.45) is 0 Å². The SMILES string of the molecule is O=C(CN1C(=O)SC(=Cc2ccc(Cl)cc2)C1=O)NCc1cccc2ccccc12. The Labute approximate surface area is 182 Å². The minimum absolute atomic E-state index is 0.282. The number of halogens is 1. The first kappa shape index (κ1) is 20.2. The van der Waals surface area contributed by atoms with Crippen molar-refractivity contribution in [2.75, 3.05) is 6.54 Å². The molecule has 3 aromatic carbocycles. The zero-order chi connectivity index (χ0) is 21.1. The van der Waals surface area contributed by atoms with Gasteiger partial charge in [0.2, 0.25) is 5.91 Å². The first-order chi connectivity index (χ1) is 14.5. The van der Waals surface area contributed by atoms with Crippen molar-refractivity contribution in [2.45, 2.75) is 6.54 Å². The summed E-state index contributed by atoms with van der Waals surface area (Å²) in [6.07, 6.45) is 1.62. The number of fused-ring (bicyclic) bond motifs is 1. The number of amides is 3. The van der Waals surface area contributed by atoms with Crippen LogP contribution in [0.2, 0.25) is 5.02 Å². The highest BCUT2D eigenvalue weighted by atomic mass is 35.5. The van der Waals surface area contributed by atoms with Gasteiger partial charge in [0.15, 0.2) is 0 Å². The van der Waals surface area contributed by atoms with Gasteiger partial charge in [-0.15, -0.1) is 0 Å². The van der Waals surface area contributed by atoms with Gasteiger partial charge >= 0.3 is 0 Å². The largest absolute Gasteiger partial charge is 0.350 e. The Morgan fingerprint density at radius 2 is 1.73 bits per heavy atom. The van der Waals surface area contributed by atoms with Crippen molar-refractivity contribution in [3.8, 4) is 0 Å². The summed E-state index contributed by atoms with van der Waals surface area (Å²) in [7, 11) is 0. The second-order valence-electron chi connectivity index (χ2n) is 6.73. The standard InChI is InChI=1S/C23H17ClN2O3S/c24-18-10-8-15(9-11-18)12-20-22(28)26(23(29)30-20)14-21(27)25-13-17-6-3-5-16-4-1-2-7-19(16)17/h1-12H,13-14H2,(H,25,27). The Morgan fingerprint density at radius 1 is 1.00 bits per heavy atom. The fourth-order valence-corrected chi connectivity index (χ4v) is 4.15. The predicted octanol–water partition coefficient (Wildman–Crippen LogP) is 4.85. The van der Waals surface area contributed by atoms with Gasteiger partial charge in [-0.05, 0) is 51.9 Å². The summed E-state index contributed by atoms with van der Waals surface area (Å²) in [6.45, 7) is 0.00438. The summed E-state index contributed by atoms with van der Waals surface area (Å²) in [5.74, 6) is -0.863. The van der Waals surface area contributed by atoms with Crippen molar-refractivity contribution in [1.29, 1.82) is 0 Å². The molecule has 150 valence electrons. The second kappa shape index (κ2) is 8.73. The van der Waals surface area contributed by atoms with Gasteiger partial charge in [-0.3, -0.25) is 19.3 Å². The monoisotopic (exact) mass is 436 g/mol. The van der Waals surface area contributed by atoms with Gasteiger partial charge in [-0.25, -0.2) is 0 Å². The third-order valence-electron chi connectivity index (χ3n) is 4.70. The first-order valence-electron chi connectivity index (χ1n) is 9.25. The molecule has 1 aliphatic rings. The summed E-state index contributed by atoms with van der Waals surface area (Å²) < 4.78 is 0. The van der Waals surface area contributed by atoms with Crippen LogP contribution < -0.4 is 5.32 Å². The molecule has 0 aromatic heterocycles. The highest BCUT2D eigenvalue weighted by Gasteiger charge is 2.36. The van der Waals surface area contributed by atoms with Gasteiger partial charge < -0.3 is 5.32 Å². The molecule has 0 unspecified atom stereocenters. The third kappa shape index (κ3) is 4.40. The van der Waals surface area contributed by atoms with Crippen LogP contribution in [0.1, 0.15) is 11.1 Å². The Bertz CT molecular complexity index is 1170. The topological polar surface area (TPSA) is 66.5 Å². The Morgan fingerprint density at radius 3 is 2.53 bits per heavy atom. The van der Waals surface area contributed by atoms with E-state index in [1.807, 2.05) is 42.5 Å². The molecule has 0 saturated carbocycles. The van der Waals surface area contributed by atoms with E-state index < -0.39 is 17.1 Å². The summed E-state index contributed by atoms with van der Waals surface area (Å²) in [6, 6.07) is 20.7. The maximum Gasteiger partial charge on any atom is 0.294 e. The number of rotatable bonds is 5. The van der Waals surface area contributed by atoms with Gasteiger partial charge in [0.05, 0.1) is 4.91 Å². The van der Waals surface area contributed by atoms with E-state index in [9.17, 15) is 14.4 Å². The lowest BCUT2D eigenvalue weighted by atomic mass is 10.0. The molecule has 0 atom stereocenters. The zero-order valence-electron chi connectivity index (χ0n) is 15.8. The summed E-state index contributed by atoms with van der Waals surface area (Å²) in [5, 5.41) is 5.07. The van der Waals surface area contributed by atoms with Crippen LogP contribution in [-0.2, 0) is 16.1 Å². The van der Waals surface area contributed by atoms with Crippen LogP contribution in [0.15, 0.2) is 71.6 Å². The molecule has 7 heteroatoms. The van der Waals surface area contributed by atoms with Crippen LogP contribution in [0.3, 0.4) is 0 Å². The van der Waals surface area contributed by atoms with Crippen molar-refractivity contribution < 1.29 is 14.4 Å². The smallest absolute Gasteiger partial charge is 0.294 e. The van der Waals surface area contributed by atoms with Crippen molar-refractivity contribution in [3.63, 3.8) is 0 Å². The van der Waals surface area contributed by atoms with Crippen LogP contribution in [0, 0.1) is 0 Å². The number of hydrogen-bond acceptors (Lipinski definition) is 4. The number of nitrogens with one attached hydrogen (secondary N) is 1. The average Bonchev–Trinajstić information content (AvgIpc) is 3.01. The minimum Gasteiger partial charge on any atom is -0.350 e. The van der Waals surface area contributed by atoms with Crippen molar-refractivity contribution in [3.05, 3.63) is 87.8 Å². The Hall–Kier alpha value is -3.09. The maximum atomic E-state index is 12.6. The van der Waals surface area contributed by atoms with Crippen LogP contribution in [0.25, 0.3) is 16.8 Å². The molecule has 3 aromatic rings. The quantitative estimate of drug-likeness (QED) is 0.581. The van der Waals surface area contributed by atoms with Crippen LogP contribution in [0.5, 0.6) is 0 Å². The molecule has 5 nitrogen and oxygen atoms in total. The number of nitrogens with zero attached hydrogens (tertiary/aromatic N) is 1. The van der Waals surface area contributed by atoms with E-state index in [0.29, 0.717) is 11.6 Å². The molecule has 1 saturated heterocycles. The maximum absolute atomic E-state index is 12.6. The fourth-order valence-electron chi connectivity index (χ4n) is 3.19. The van der Waals surface area contributed by atoms with E-state index >= 15 is 0 Å². The number of benzene rings is 3.